The molecule has 1 rings (SSSR count). The summed E-state index contributed by atoms with van der Waals surface area (Å²) in [4.78, 5) is 0. The molecule has 1 aliphatic carbocycles. The van der Waals surface area contributed by atoms with Crippen molar-refractivity contribution in [1.82, 2.24) is 0 Å². The predicted octanol–water partition coefficient (Wildman–Crippen LogP) is 4.06. The van der Waals surface area contributed by atoms with Gasteiger partial charge in [-0.05, 0) is 18.3 Å². The van der Waals surface area contributed by atoms with Crippen LogP contribution in [0.15, 0.2) is 0 Å². The van der Waals surface area contributed by atoms with E-state index in [0.29, 0.717) is 0 Å². The second kappa shape index (κ2) is 14.5. The normalized spacial score (nSPS) is 25.4. The van der Waals surface area contributed by atoms with Gasteiger partial charge >= 0.3 is 0 Å². The van der Waals surface area contributed by atoms with Crippen molar-refractivity contribution in [2.24, 2.45) is 11.8 Å². The molecule has 0 radical (unpaired) electrons. The van der Waals surface area contributed by atoms with Crippen molar-refractivity contribution >= 4 is 0 Å². The van der Waals surface area contributed by atoms with Crippen molar-refractivity contribution in [1.29, 1.82) is 0 Å². The Kier molecular flexibility index (Phi) is 20.8. The van der Waals surface area contributed by atoms with Crippen molar-refractivity contribution in [3.8, 4) is 0 Å². The van der Waals surface area contributed by atoms with Gasteiger partial charge in [0, 0.05) is 0 Å². The van der Waals surface area contributed by atoms with Gasteiger partial charge in [-0.15, -0.1) is 0 Å². The lowest BCUT2D eigenvalue weighted by molar-refractivity contribution is 0.301. The number of hydrogen-bond donors (Lipinski definition) is 0. The van der Waals surface area contributed by atoms with Gasteiger partial charge in [0.2, 0.25) is 0 Å². The minimum atomic E-state index is 0. The number of hydrogen-bond acceptors (Lipinski definition) is 0. The van der Waals surface area contributed by atoms with Gasteiger partial charge in [-0.25, -0.2) is 0 Å². The molecule has 84 valence electrons. The topological polar surface area (TPSA) is 31.5 Å². The molecule has 1 saturated carbocycles. The maximum Gasteiger partial charge on any atom is -0.0440 e. The van der Waals surface area contributed by atoms with E-state index in [1.807, 2.05) is 27.7 Å². The van der Waals surface area contributed by atoms with E-state index in [2.05, 4.69) is 13.8 Å². The summed E-state index contributed by atoms with van der Waals surface area (Å²) < 4.78 is 0. The third-order valence-corrected chi connectivity index (χ3v) is 2.20. The van der Waals surface area contributed by atoms with E-state index in [1.165, 1.54) is 25.7 Å². The fraction of sp³-hybridized carbons (Fsp3) is 1.00. The van der Waals surface area contributed by atoms with Crippen LogP contribution in [0.2, 0.25) is 0 Å². The molecule has 0 aromatic heterocycles. The molecule has 0 aromatic rings. The lowest BCUT2D eigenvalue weighted by Gasteiger charge is -2.22. The first-order valence-electron chi connectivity index (χ1n) is 5.79. The van der Waals surface area contributed by atoms with Crippen LogP contribution in [0.25, 0.3) is 0 Å². The Morgan fingerprint density at radius 1 is 0.769 bits per heavy atom. The Morgan fingerprint density at radius 3 is 1.23 bits per heavy atom. The highest BCUT2D eigenvalue weighted by atomic mass is 16.0. The van der Waals surface area contributed by atoms with Crippen LogP contribution in [0.5, 0.6) is 0 Å². The van der Waals surface area contributed by atoms with Gasteiger partial charge in [-0.3, -0.25) is 0 Å². The Hall–Kier alpha value is -0.0400. The molecule has 0 spiro atoms. The SMILES string of the molecule is CC.CC.CC1CCCC(C)C1.O. The summed E-state index contributed by atoms with van der Waals surface area (Å²) in [6, 6.07) is 0. The summed E-state index contributed by atoms with van der Waals surface area (Å²) in [5.41, 5.74) is 0. The molecular weight excluding hydrogens is 160 g/mol. The van der Waals surface area contributed by atoms with E-state index >= 15 is 0 Å². The molecule has 1 aliphatic rings. The molecule has 2 unspecified atom stereocenters. The van der Waals surface area contributed by atoms with Gasteiger partial charge in [0.15, 0.2) is 0 Å². The van der Waals surface area contributed by atoms with Crippen molar-refractivity contribution in [2.75, 3.05) is 0 Å². The maximum absolute atomic E-state index is 2.37. The molecule has 2 atom stereocenters. The van der Waals surface area contributed by atoms with Gasteiger partial charge in [0.1, 0.15) is 0 Å². The average molecular weight is 190 g/mol. The molecule has 1 nitrogen and oxygen atoms in total. The minimum Gasteiger partial charge on any atom is -0.412 e. The molecule has 0 heterocycles. The summed E-state index contributed by atoms with van der Waals surface area (Å²) in [5.74, 6) is 2.03. The standard InChI is InChI=1S/C8H16.2C2H6.H2O/c1-7-4-3-5-8(2)6-7;2*1-2;/h7-8H,3-6H2,1-2H3;2*1-2H3;1H2. The van der Waals surface area contributed by atoms with Crippen molar-refractivity contribution in [3.05, 3.63) is 0 Å². The van der Waals surface area contributed by atoms with Crippen LogP contribution in [0.4, 0.5) is 0 Å². The van der Waals surface area contributed by atoms with Crippen LogP contribution < -0.4 is 0 Å². The average Bonchev–Trinajstić information content (AvgIpc) is 2.11. The maximum atomic E-state index is 2.37. The second-order valence-corrected chi connectivity index (χ2v) is 3.38. The van der Waals surface area contributed by atoms with E-state index < -0.39 is 0 Å². The van der Waals surface area contributed by atoms with Crippen LogP contribution >= 0.6 is 0 Å². The molecule has 1 fully saturated rings. The Bertz CT molecular complexity index is 63.5. The van der Waals surface area contributed by atoms with Gasteiger partial charge in [-0.2, -0.15) is 0 Å². The first-order chi connectivity index (χ1) is 5.79. The Labute approximate surface area is 85.2 Å². The van der Waals surface area contributed by atoms with Crippen LogP contribution in [0, 0.1) is 11.8 Å². The molecule has 0 aromatic carbocycles. The van der Waals surface area contributed by atoms with Crippen LogP contribution in [-0.2, 0) is 0 Å². The third kappa shape index (κ3) is 12.0. The zero-order chi connectivity index (χ0) is 9.98. The van der Waals surface area contributed by atoms with Crippen molar-refractivity contribution < 1.29 is 5.48 Å². The minimum absolute atomic E-state index is 0. The smallest absolute Gasteiger partial charge is 0.0440 e. The molecule has 0 saturated heterocycles. The summed E-state index contributed by atoms with van der Waals surface area (Å²) in [5, 5.41) is 0. The molecule has 0 amide bonds. The summed E-state index contributed by atoms with van der Waals surface area (Å²) in [6.45, 7) is 12.7. The Balaban J connectivity index is -0.000000178. The van der Waals surface area contributed by atoms with Crippen LogP contribution in [-0.4, -0.2) is 5.48 Å². The molecular formula is C12H30O. The third-order valence-electron chi connectivity index (χ3n) is 2.20. The highest BCUT2D eigenvalue weighted by Crippen LogP contribution is 2.27. The lowest BCUT2D eigenvalue weighted by Crippen LogP contribution is -2.09. The largest absolute Gasteiger partial charge is 0.412 e. The fourth-order valence-corrected chi connectivity index (χ4v) is 1.74. The van der Waals surface area contributed by atoms with E-state index in [4.69, 9.17) is 0 Å². The highest BCUT2D eigenvalue weighted by molar-refractivity contribution is 4.66. The molecule has 0 bridgehead atoms. The summed E-state index contributed by atoms with van der Waals surface area (Å²) in [7, 11) is 0. The first kappa shape index (κ1) is 18.7. The summed E-state index contributed by atoms with van der Waals surface area (Å²) in [6.07, 6.45) is 5.90. The van der Waals surface area contributed by atoms with E-state index in [9.17, 15) is 0 Å². The Morgan fingerprint density at radius 2 is 1.08 bits per heavy atom. The van der Waals surface area contributed by atoms with Gasteiger partial charge in [0.05, 0.1) is 0 Å². The zero-order valence-corrected chi connectivity index (χ0v) is 10.5. The second-order valence-electron chi connectivity index (χ2n) is 3.38. The monoisotopic (exact) mass is 190 g/mol. The molecule has 1 heteroatoms. The quantitative estimate of drug-likeness (QED) is 0.551. The van der Waals surface area contributed by atoms with Gasteiger partial charge in [-0.1, -0.05) is 60.8 Å². The zero-order valence-electron chi connectivity index (χ0n) is 10.5. The van der Waals surface area contributed by atoms with E-state index in [1.54, 1.807) is 0 Å². The van der Waals surface area contributed by atoms with E-state index in [-0.39, 0.29) is 5.48 Å². The molecule has 13 heavy (non-hydrogen) atoms. The molecule has 0 aliphatic heterocycles. The van der Waals surface area contributed by atoms with E-state index in [0.717, 1.165) is 11.8 Å². The van der Waals surface area contributed by atoms with Crippen molar-refractivity contribution in [2.45, 2.75) is 67.2 Å². The first-order valence-corrected chi connectivity index (χ1v) is 5.79. The van der Waals surface area contributed by atoms with Crippen LogP contribution in [0.3, 0.4) is 0 Å². The number of rotatable bonds is 0. The fourth-order valence-electron chi connectivity index (χ4n) is 1.74. The summed E-state index contributed by atoms with van der Waals surface area (Å²) >= 11 is 0. The predicted molar refractivity (Wildman–Crippen MR) is 63.1 cm³/mol. The van der Waals surface area contributed by atoms with Gasteiger partial charge < -0.3 is 5.48 Å². The van der Waals surface area contributed by atoms with Crippen LogP contribution in [0.1, 0.15) is 67.2 Å². The van der Waals surface area contributed by atoms with Crippen molar-refractivity contribution in [3.63, 3.8) is 0 Å². The van der Waals surface area contributed by atoms with Gasteiger partial charge in [0.25, 0.3) is 0 Å². The molecule has 2 N–H and O–H groups in total. The lowest BCUT2D eigenvalue weighted by atomic mass is 9.84. The highest BCUT2D eigenvalue weighted by Gasteiger charge is 2.13.